The van der Waals surface area contributed by atoms with Crippen LogP contribution in [0.4, 0.5) is 0 Å². The van der Waals surface area contributed by atoms with Crippen LogP contribution in [0.1, 0.15) is 10.5 Å². The molecule has 0 amide bonds. The van der Waals surface area contributed by atoms with Crippen LogP contribution in [0.5, 0.6) is 5.75 Å². The Bertz CT molecular complexity index is 712. The lowest BCUT2D eigenvalue weighted by Gasteiger charge is -2.09. The van der Waals surface area contributed by atoms with Crippen molar-refractivity contribution in [3.8, 4) is 11.4 Å². The zero-order valence-electron chi connectivity index (χ0n) is 10.8. The molecule has 0 saturated carbocycles. The van der Waals surface area contributed by atoms with Gasteiger partial charge in [0.25, 0.3) is 0 Å². The first-order chi connectivity index (χ1) is 9.56. The predicted molar refractivity (Wildman–Crippen MR) is 72.7 cm³/mol. The molecule has 20 heavy (non-hydrogen) atoms. The monoisotopic (exact) mass is 294 g/mol. The normalized spacial score (nSPS) is 10.2. The van der Waals surface area contributed by atoms with Crippen LogP contribution in [-0.2, 0) is 4.74 Å². The number of methoxy groups -OCH3 is 2. The van der Waals surface area contributed by atoms with Crippen LogP contribution in [0, 0.1) is 0 Å². The van der Waals surface area contributed by atoms with E-state index >= 15 is 0 Å². The molecule has 0 N–H and O–H groups in total. The highest BCUT2D eigenvalue weighted by atomic mass is 35.5. The lowest BCUT2D eigenvalue weighted by molar-refractivity contribution is 0.0590. The number of carbonyl (C=O) groups is 1. The number of aromatic nitrogens is 2. The van der Waals surface area contributed by atoms with Gasteiger partial charge in [0.15, 0.2) is 0 Å². The Kier molecular flexibility index (Phi) is 4.05. The largest absolute Gasteiger partial charge is 0.495 e. The van der Waals surface area contributed by atoms with Gasteiger partial charge in [0, 0.05) is 18.3 Å². The van der Waals surface area contributed by atoms with Gasteiger partial charge < -0.3 is 9.47 Å². The summed E-state index contributed by atoms with van der Waals surface area (Å²) in [5.74, 6) is -0.324. The van der Waals surface area contributed by atoms with Crippen molar-refractivity contribution >= 4 is 17.6 Å². The summed E-state index contributed by atoms with van der Waals surface area (Å²) in [7, 11) is 2.68. The molecule has 104 valence electrons. The first-order valence-corrected chi connectivity index (χ1v) is 5.97. The number of benzene rings is 1. The molecule has 0 saturated heterocycles. The Morgan fingerprint density at radius 1 is 1.30 bits per heavy atom. The number of esters is 1. The zero-order valence-corrected chi connectivity index (χ0v) is 11.5. The third-order valence-electron chi connectivity index (χ3n) is 2.59. The van der Waals surface area contributed by atoms with Crippen molar-refractivity contribution in [1.82, 2.24) is 9.78 Å². The van der Waals surface area contributed by atoms with Crippen LogP contribution >= 0.6 is 11.6 Å². The van der Waals surface area contributed by atoms with Gasteiger partial charge in [-0.3, -0.25) is 4.79 Å². The van der Waals surface area contributed by atoms with E-state index in [4.69, 9.17) is 16.3 Å². The van der Waals surface area contributed by atoms with E-state index in [0.29, 0.717) is 16.5 Å². The maximum Gasteiger partial charge on any atom is 0.362 e. The van der Waals surface area contributed by atoms with Gasteiger partial charge in [0.05, 0.1) is 24.9 Å². The van der Waals surface area contributed by atoms with E-state index < -0.39 is 11.4 Å². The molecule has 0 atom stereocenters. The molecule has 0 aliphatic carbocycles. The van der Waals surface area contributed by atoms with Gasteiger partial charge in [0.1, 0.15) is 5.75 Å². The van der Waals surface area contributed by atoms with Gasteiger partial charge in [-0.2, -0.15) is 5.10 Å². The highest BCUT2D eigenvalue weighted by Gasteiger charge is 2.13. The maximum atomic E-state index is 11.6. The molecule has 7 heteroatoms. The fraction of sp³-hybridized carbons (Fsp3) is 0.154. The summed E-state index contributed by atoms with van der Waals surface area (Å²) in [6.07, 6.45) is 1.44. The second kappa shape index (κ2) is 5.75. The number of nitrogens with zero attached hydrogens (tertiary/aromatic N) is 2. The van der Waals surface area contributed by atoms with Gasteiger partial charge in [-0.1, -0.05) is 11.6 Å². The third-order valence-corrected chi connectivity index (χ3v) is 2.90. The van der Waals surface area contributed by atoms with E-state index in [1.807, 2.05) is 0 Å². The Labute approximate surface area is 119 Å². The fourth-order valence-corrected chi connectivity index (χ4v) is 1.78. The summed E-state index contributed by atoms with van der Waals surface area (Å²) >= 11 is 5.93. The van der Waals surface area contributed by atoms with Crippen LogP contribution < -0.4 is 10.2 Å². The highest BCUT2D eigenvalue weighted by Crippen LogP contribution is 2.26. The Morgan fingerprint density at radius 2 is 2.05 bits per heavy atom. The molecule has 0 fully saturated rings. The zero-order chi connectivity index (χ0) is 14.7. The van der Waals surface area contributed by atoms with Crippen LogP contribution in [-0.4, -0.2) is 30.0 Å². The minimum absolute atomic E-state index is 0.288. The van der Waals surface area contributed by atoms with Crippen molar-refractivity contribution in [2.75, 3.05) is 14.2 Å². The van der Waals surface area contributed by atoms with E-state index in [1.165, 1.54) is 31.2 Å². The van der Waals surface area contributed by atoms with Gasteiger partial charge in [-0.05, 0) is 12.1 Å². The molecule has 0 aliphatic heterocycles. The van der Waals surface area contributed by atoms with Crippen molar-refractivity contribution < 1.29 is 14.3 Å². The summed E-state index contributed by atoms with van der Waals surface area (Å²) in [6.45, 7) is 0. The molecule has 0 bridgehead atoms. The van der Waals surface area contributed by atoms with Crippen LogP contribution in [0.15, 0.2) is 35.3 Å². The summed E-state index contributed by atoms with van der Waals surface area (Å²) < 4.78 is 11.0. The summed E-state index contributed by atoms with van der Waals surface area (Å²) in [5.41, 5.74) is -0.200. The SMILES string of the molecule is COC(=O)c1nn(-c2ccc(Cl)c(OC)c2)ccc1=O. The first-order valence-electron chi connectivity index (χ1n) is 5.59. The van der Waals surface area contributed by atoms with Crippen molar-refractivity contribution in [2.45, 2.75) is 0 Å². The van der Waals surface area contributed by atoms with Gasteiger partial charge >= 0.3 is 5.97 Å². The molecular formula is C13H11ClN2O4. The Balaban J connectivity index is 2.53. The van der Waals surface area contributed by atoms with Gasteiger partial charge in [-0.15, -0.1) is 0 Å². The summed E-state index contributed by atoms with van der Waals surface area (Å²) in [4.78, 5) is 23.0. The number of rotatable bonds is 3. The minimum atomic E-state index is -0.787. The smallest absolute Gasteiger partial charge is 0.362 e. The molecule has 1 aromatic heterocycles. The van der Waals surface area contributed by atoms with E-state index in [2.05, 4.69) is 9.84 Å². The number of ether oxygens (including phenoxy) is 2. The molecular weight excluding hydrogens is 284 g/mol. The predicted octanol–water partition coefficient (Wildman–Crippen LogP) is 1.68. The van der Waals surface area contributed by atoms with Gasteiger partial charge in [-0.25, -0.2) is 9.48 Å². The van der Waals surface area contributed by atoms with E-state index in [1.54, 1.807) is 18.2 Å². The lowest BCUT2D eigenvalue weighted by Crippen LogP contribution is -2.21. The van der Waals surface area contributed by atoms with Crippen molar-refractivity contribution in [3.63, 3.8) is 0 Å². The summed E-state index contributed by atoms with van der Waals surface area (Å²) in [5, 5.41) is 4.40. The van der Waals surface area contributed by atoms with Crippen molar-refractivity contribution in [3.05, 3.63) is 51.4 Å². The Morgan fingerprint density at radius 3 is 2.70 bits per heavy atom. The molecule has 6 nitrogen and oxygen atoms in total. The van der Waals surface area contributed by atoms with Gasteiger partial charge in [0.2, 0.25) is 11.1 Å². The van der Waals surface area contributed by atoms with Crippen LogP contribution in [0.3, 0.4) is 0 Å². The molecule has 0 radical (unpaired) electrons. The molecule has 2 rings (SSSR count). The standard InChI is InChI=1S/C13H11ClN2O4/c1-19-11-7-8(3-4-9(11)14)16-6-5-10(17)12(15-16)13(18)20-2/h3-7H,1-2H3. The summed E-state index contributed by atoms with van der Waals surface area (Å²) in [6, 6.07) is 6.19. The number of hydrogen-bond donors (Lipinski definition) is 0. The molecule has 0 spiro atoms. The number of carbonyl (C=O) groups excluding carboxylic acids is 1. The average Bonchev–Trinajstić information content (AvgIpc) is 2.47. The third kappa shape index (κ3) is 2.65. The van der Waals surface area contributed by atoms with Crippen molar-refractivity contribution in [2.24, 2.45) is 0 Å². The number of hydrogen-bond acceptors (Lipinski definition) is 5. The molecule has 0 unspecified atom stereocenters. The maximum absolute atomic E-state index is 11.6. The molecule has 1 aromatic carbocycles. The Hall–Kier alpha value is -2.34. The molecule has 0 aliphatic rings. The van der Waals surface area contributed by atoms with Crippen LogP contribution in [0.2, 0.25) is 5.02 Å². The first kappa shape index (κ1) is 14.1. The van der Waals surface area contributed by atoms with Crippen molar-refractivity contribution in [1.29, 1.82) is 0 Å². The topological polar surface area (TPSA) is 70.4 Å². The number of halogens is 1. The molecule has 1 heterocycles. The van der Waals surface area contributed by atoms with E-state index in [-0.39, 0.29) is 5.69 Å². The highest BCUT2D eigenvalue weighted by molar-refractivity contribution is 6.32. The van der Waals surface area contributed by atoms with Crippen LogP contribution in [0.25, 0.3) is 5.69 Å². The average molecular weight is 295 g/mol. The lowest BCUT2D eigenvalue weighted by atomic mass is 10.3. The minimum Gasteiger partial charge on any atom is -0.495 e. The quantitative estimate of drug-likeness (QED) is 0.806. The fourth-order valence-electron chi connectivity index (χ4n) is 1.58. The van der Waals surface area contributed by atoms with E-state index in [0.717, 1.165) is 0 Å². The molecule has 2 aromatic rings. The second-order valence-corrected chi connectivity index (χ2v) is 4.19. The van der Waals surface area contributed by atoms with E-state index in [9.17, 15) is 9.59 Å². The second-order valence-electron chi connectivity index (χ2n) is 3.78.